The van der Waals surface area contributed by atoms with Crippen LogP contribution in [0.1, 0.15) is 44.9 Å². The summed E-state index contributed by atoms with van der Waals surface area (Å²) in [5, 5.41) is 8.85. The maximum atomic E-state index is 13.8. The summed E-state index contributed by atoms with van der Waals surface area (Å²) in [6, 6.07) is 1.39. The van der Waals surface area contributed by atoms with Gasteiger partial charge in [0.25, 0.3) is 0 Å². The molecule has 0 amide bonds. The molecule has 0 saturated heterocycles. The van der Waals surface area contributed by atoms with Crippen LogP contribution in [0, 0.1) is 11.6 Å². The van der Waals surface area contributed by atoms with Crippen LogP contribution in [-0.2, 0) is 17.6 Å². The van der Waals surface area contributed by atoms with Crippen molar-refractivity contribution in [2.45, 2.75) is 45.1 Å². The van der Waals surface area contributed by atoms with Gasteiger partial charge in [-0.2, -0.15) is 0 Å². The third kappa shape index (κ3) is 4.06. The summed E-state index contributed by atoms with van der Waals surface area (Å²) in [7, 11) is -1.38. The van der Waals surface area contributed by atoms with E-state index in [2.05, 4.69) is 4.72 Å². The van der Waals surface area contributed by atoms with E-state index in [4.69, 9.17) is 5.11 Å². The van der Waals surface area contributed by atoms with Gasteiger partial charge in [0.1, 0.15) is 11.6 Å². The van der Waals surface area contributed by atoms with E-state index in [9.17, 15) is 13.0 Å². The molecule has 0 bridgehead atoms. The molecule has 2 unspecified atom stereocenters. The summed E-state index contributed by atoms with van der Waals surface area (Å²) in [6.07, 6.45) is 0. The smallest absolute Gasteiger partial charge is 0.129 e. The average molecular weight is 291 g/mol. The molecular weight excluding hydrogens is 272 g/mol. The van der Waals surface area contributed by atoms with Gasteiger partial charge in [0.2, 0.25) is 0 Å². The lowest BCUT2D eigenvalue weighted by atomic mass is 10.1. The molecule has 2 atom stereocenters. The van der Waals surface area contributed by atoms with Gasteiger partial charge in [-0.1, -0.05) is 0 Å². The Morgan fingerprint density at radius 1 is 1.32 bits per heavy atom. The predicted molar refractivity (Wildman–Crippen MR) is 71.7 cm³/mol. The topological polar surface area (TPSA) is 49.3 Å². The second-order valence-corrected chi connectivity index (χ2v) is 7.34. The Balaban J connectivity index is 2.98. The van der Waals surface area contributed by atoms with Crippen molar-refractivity contribution >= 4 is 11.0 Å². The second-order valence-electron chi connectivity index (χ2n) is 5.34. The normalized spacial score (nSPS) is 15.3. The van der Waals surface area contributed by atoms with Gasteiger partial charge in [-0.15, -0.1) is 0 Å². The van der Waals surface area contributed by atoms with Crippen LogP contribution in [0.15, 0.2) is 12.1 Å². The number of halogens is 2. The molecule has 108 valence electrons. The van der Waals surface area contributed by atoms with Crippen molar-refractivity contribution < 1.29 is 18.1 Å². The van der Waals surface area contributed by atoms with E-state index in [1.54, 1.807) is 27.7 Å². The highest BCUT2D eigenvalue weighted by molar-refractivity contribution is 7.84. The summed E-state index contributed by atoms with van der Waals surface area (Å²) in [5.74, 6) is -1.30. The van der Waals surface area contributed by atoms with Crippen LogP contribution >= 0.6 is 0 Å². The van der Waals surface area contributed by atoms with Crippen molar-refractivity contribution in [1.82, 2.24) is 4.72 Å². The van der Waals surface area contributed by atoms with E-state index in [-0.39, 0.29) is 11.1 Å². The molecule has 6 heteroatoms. The Morgan fingerprint density at radius 3 is 2.37 bits per heavy atom. The summed E-state index contributed by atoms with van der Waals surface area (Å²) >= 11 is 0. The fraction of sp³-hybridized carbons (Fsp3) is 0.538. The van der Waals surface area contributed by atoms with Gasteiger partial charge in [0.05, 0.1) is 22.3 Å². The van der Waals surface area contributed by atoms with Crippen molar-refractivity contribution in [3.8, 4) is 0 Å². The fourth-order valence-corrected chi connectivity index (χ4v) is 2.26. The first-order valence-electron chi connectivity index (χ1n) is 5.93. The van der Waals surface area contributed by atoms with Crippen LogP contribution in [0.2, 0.25) is 0 Å². The van der Waals surface area contributed by atoms with Crippen molar-refractivity contribution in [2.75, 3.05) is 0 Å². The molecule has 0 spiro atoms. The van der Waals surface area contributed by atoms with Crippen molar-refractivity contribution in [1.29, 1.82) is 0 Å². The van der Waals surface area contributed by atoms with E-state index in [1.807, 2.05) is 0 Å². The SMILES string of the molecule is CC(NS(=O)C(C)(C)C)c1cc(F)c(CO)cc1F. The van der Waals surface area contributed by atoms with Gasteiger partial charge < -0.3 is 5.11 Å². The van der Waals surface area contributed by atoms with E-state index in [1.165, 1.54) is 0 Å². The molecular formula is C13H19F2NO2S. The van der Waals surface area contributed by atoms with E-state index < -0.39 is 40.0 Å². The highest BCUT2D eigenvalue weighted by atomic mass is 32.2. The van der Waals surface area contributed by atoms with Gasteiger partial charge >= 0.3 is 0 Å². The molecule has 0 saturated carbocycles. The van der Waals surface area contributed by atoms with Crippen LogP contribution in [-0.4, -0.2) is 14.1 Å². The van der Waals surface area contributed by atoms with Crippen LogP contribution in [0.25, 0.3) is 0 Å². The van der Waals surface area contributed by atoms with Crippen molar-refractivity contribution in [2.24, 2.45) is 0 Å². The highest BCUT2D eigenvalue weighted by Crippen LogP contribution is 2.22. The van der Waals surface area contributed by atoms with Crippen LogP contribution in [0.4, 0.5) is 8.78 Å². The third-order valence-electron chi connectivity index (χ3n) is 2.64. The van der Waals surface area contributed by atoms with Gasteiger partial charge in [-0.25, -0.2) is 17.7 Å². The largest absolute Gasteiger partial charge is 0.392 e. The highest BCUT2D eigenvalue weighted by Gasteiger charge is 2.23. The molecule has 0 aliphatic heterocycles. The molecule has 0 aliphatic carbocycles. The Labute approximate surface area is 114 Å². The maximum Gasteiger partial charge on any atom is 0.129 e. The molecule has 1 aromatic carbocycles. The van der Waals surface area contributed by atoms with Gasteiger partial charge in [0.15, 0.2) is 0 Å². The lowest BCUT2D eigenvalue weighted by Gasteiger charge is -2.22. The zero-order valence-corrected chi connectivity index (χ0v) is 12.3. The number of aliphatic hydroxyl groups is 1. The summed E-state index contributed by atoms with van der Waals surface area (Å²) in [6.45, 7) is 6.41. The van der Waals surface area contributed by atoms with Crippen LogP contribution < -0.4 is 4.72 Å². The van der Waals surface area contributed by atoms with Crippen LogP contribution in [0.5, 0.6) is 0 Å². The molecule has 0 aromatic heterocycles. The second kappa shape index (κ2) is 6.07. The third-order valence-corrected chi connectivity index (χ3v) is 4.32. The van der Waals surface area contributed by atoms with E-state index in [0.717, 1.165) is 12.1 Å². The van der Waals surface area contributed by atoms with Crippen molar-refractivity contribution in [3.05, 3.63) is 34.9 Å². The van der Waals surface area contributed by atoms with Gasteiger partial charge in [0, 0.05) is 17.2 Å². The standard InChI is InChI=1S/C13H19F2NO2S/c1-8(16-19(18)13(2,3)4)10-6-11(14)9(7-17)5-12(10)15/h5-6,8,16-17H,7H2,1-4H3. The molecule has 1 rings (SSSR count). The molecule has 19 heavy (non-hydrogen) atoms. The molecule has 0 aliphatic rings. The molecule has 2 N–H and O–H groups in total. The van der Waals surface area contributed by atoms with Gasteiger partial charge in [-0.05, 0) is 39.8 Å². The Hall–Kier alpha value is -0.850. The number of hydrogen-bond acceptors (Lipinski definition) is 2. The monoisotopic (exact) mass is 291 g/mol. The minimum Gasteiger partial charge on any atom is -0.392 e. The zero-order chi connectivity index (χ0) is 14.8. The van der Waals surface area contributed by atoms with E-state index >= 15 is 0 Å². The lowest BCUT2D eigenvalue weighted by Crippen LogP contribution is -2.35. The maximum absolute atomic E-state index is 13.8. The Bertz CT molecular complexity index is 486. The van der Waals surface area contributed by atoms with Gasteiger partial charge in [-0.3, -0.25) is 0 Å². The number of hydrogen-bond donors (Lipinski definition) is 2. The number of aliphatic hydroxyl groups excluding tert-OH is 1. The minimum atomic E-state index is -1.38. The molecule has 0 radical (unpaired) electrons. The molecule has 0 fully saturated rings. The summed E-state index contributed by atoms with van der Waals surface area (Å²) in [5.41, 5.74) is -0.00214. The summed E-state index contributed by atoms with van der Waals surface area (Å²) in [4.78, 5) is 0. The lowest BCUT2D eigenvalue weighted by molar-refractivity contribution is 0.274. The first kappa shape index (κ1) is 16.2. The fourth-order valence-electron chi connectivity index (χ4n) is 1.46. The Kier molecular flexibility index (Phi) is 5.18. The molecule has 1 aromatic rings. The minimum absolute atomic E-state index is 0.0901. The first-order chi connectivity index (χ1) is 8.66. The van der Waals surface area contributed by atoms with Crippen molar-refractivity contribution in [3.63, 3.8) is 0 Å². The number of nitrogens with one attached hydrogen (secondary N) is 1. The average Bonchev–Trinajstić information content (AvgIpc) is 2.30. The summed E-state index contributed by atoms with van der Waals surface area (Å²) < 4.78 is 41.5. The number of benzene rings is 1. The predicted octanol–water partition coefficient (Wildman–Crippen LogP) is 2.57. The zero-order valence-electron chi connectivity index (χ0n) is 11.5. The quantitative estimate of drug-likeness (QED) is 0.895. The van der Waals surface area contributed by atoms with E-state index in [0.29, 0.717) is 0 Å². The molecule has 3 nitrogen and oxygen atoms in total. The Morgan fingerprint density at radius 2 is 1.89 bits per heavy atom. The van der Waals surface area contributed by atoms with Crippen LogP contribution in [0.3, 0.4) is 0 Å². The first-order valence-corrected chi connectivity index (χ1v) is 7.08. The molecule has 0 heterocycles. The number of rotatable bonds is 4.